The highest BCUT2D eigenvalue weighted by molar-refractivity contribution is 7.92. The molecule has 0 radical (unpaired) electrons. The number of pyridine rings is 1. The van der Waals surface area contributed by atoms with Gasteiger partial charge in [-0.05, 0) is 51.0 Å². The molecule has 3 heterocycles. The van der Waals surface area contributed by atoms with Gasteiger partial charge in [0.1, 0.15) is 5.52 Å². The fourth-order valence-electron chi connectivity index (χ4n) is 4.92. The number of nitrogens with one attached hydrogen (secondary N) is 1. The normalized spacial score (nSPS) is 21.2. The largest absolute Gasteiger partial charge is 0.371 e. The smallest absolute Gasteiger partial charge is 0.274 e. The van der Waals surface area contributed by atoms with Crippen molar-refractivity contribution in [2.45, 2.75) is 49.2 Å². The third-order valence-electron chi connectivity index (χ3n) is 7.21. The van der Waals surface area contributed by atoms with Crippen molar-refractivity contribution in [3.8, 4) is 11.1 Å². The van der Waals surface area contributed by atoms with Gasteiger partial charge in [0.05, 0.1) is 10.1 Å². The lowest BCUT2D eigenvalue weighted by Gasteiger charge is -2.35. The zero-order chi connectivity index (χ0) is 26.3. The minimum Gasteiger partial charge on any atom is -0.371 e. The second kappa shape index (κ2) is 7.16. The summed E-state index contributed by atoms with van der Waals surface area (Å²) in [5, 5.41) is -0.241. The molecule has 1 aliphatic heterocycles. The van der Waals surface area contributed by atoms with Crippen molar-refractivity contribution < 1.29 is 21.3 Å². The number of piperidine rings is 1. The summed E-state index contributed by atoms with van der Waals surface area (Å²) >= 11 is 0. The SMILES string of the molecule is [2H]C([2H])([2H])n1cc(-c2cc(S(=O)(=O)C(C)C)ccc2N2CCC3(CC2)CC3(F)F)c2cc[nH]c2c1=O. The molecule has 2 fully saturated rings. The minimum atomic E-state index is -3.67. The van der Waals surface area contributed by atoms with E-state index in [1.807, 2.05) is 4.90 Å². The Morgan fingerprint density at radius 3 is 2.45 bits per heavy atom. The number of nitrogens with zero attached hydrogens (tertiary/aromatic N) is 2. The highest BCUT2D eigenvalue weighted by atomic mass is 32.2. The molecule has 33 heavy (non-hydrogen) atoms. The van der Waals surface area contributed by atoms with Crippen LogP contribution in [0.25, 0.3) is 22.0 Å². The van der Waals surface area contributed by atoms with Gasteiger partial charge >= 0.3 is 0 Å². The summed E-state index contributed by atoms with van der Waals surface area (Å²) in [6.07, 6.45) is 3.25. The van der Waals surface area contributed by atoms with Gasteiger partial charge in [-0.1, -0.05) is 0 Å². The van der Waals surface area contributed by atoms with E-state index < -0.39 is 39.0 Å². The van der Waals surface area contributed by atoms with Crippen molar-refractivity contribution in [3.63, 3.8) is 0 Å². The van der Waals surface area contributed by atoms with E-state index in [0.29, 0.717) is 52.7 Å². The molecular formula is C24H27F2N3O3S. The number of fused-ring (bicyclic) bond motifs is 1. The molecular weight excluding hydrogens is 448 g/mol. The molecule has 1 saturated carbocycles. The van der Waals surface area contributed by atoms with Crippen molar-refractivity contribution in [2.75, 3.05) is 18.0 Å². The molecule has 1 spiro atoms. The first kappa shape index (κ1) is 18.7. The molecule has 0 bridgehead atoms. The standard InChI is InChI=1S/C24H27F2N3O3S/c1-15(2)33(31,32)16-4-5-20(29-10-7-23(8-11-29)14-24(23,25)26)18(12-16)19-13-28(3)22(30)21-17(19)6-9-27-21/h4-6,9,12-13,15,27H,7-8,10-11,14H2,1-3H3/i3D3. The summed E-state index contributed by atoms with van der Waals surface area (Å²) in [5.74, 6) is -2.65. The van der Waals surface area contributed by atoms with Crippen molar-refractivity contribution >= 4 is 26.4 Å². The van der Waals surface area contributed by atoms with Crippen LogP contribution in [0.1, 0.15) is 37.2 Å². The molecule has 1 saturated heterocycles. The Balaban J connectivity index is 1.71. The average molecular weight is 479 g/mol. The van der Waals surface area contributed by atoms with Gasteiger partial charge in [0.2, 0.25) is 0 Å². The van der Waals surface area contributed by atoms with Crippen LogP contribution in [0.4, 0.5) is 14.5 Å². The van der Waals surface area contributed by atoms with Crippen LogP contribution in [-0.2, 0) is 16.8 Å². The lowest BCUT2D eigenvalue weighted by Crippen LogP contribution is -2.36. The molecule has 9 heteroatoms. The molecule has 3 aromatic rings. The van der Waals surface area contributed by atoms with E-state index >= 15 is 0 Å². The Hall–Kier alpha value is -2.68. The minimum absolute atomic E-state index is 0.0637. The van der Waals surface area contributed by atoms with Crippen LogP contribution in [0.3, 0.4) is 0 Å². The lowest BCUT2D eigenvalue weighted by molar-refractivity contribution is 0.0537. The number of anilines is 1. The summed E-state index contributed by atoms with van der Waals surface area (Å²) in [5.41, 5.74) is -0.195. The van der Waals surface area contributed by atoms with E-state index in [1.165, 1.54) is 24.5 Å². The molecule has 2 aromatic heterocycles. The molecule has 0 amide bonds. The summed E-state index contributed by atoms with van der Waals surface area (Å²) < 4.78 is 78.1. The van der Waals surface area contributed by atoms with Gasteiger partial charge in [0, 0.05) is 70.6 Å². The van der Waals surface area contributed by atoms with Gasteiger partial charge in [0.25, 0.3) is 11.5 Å². The number of hydrogen-bond donors (Lipinski definition) is 1. The van der Waals surface area contributed by atoms with Crippen LogP contribution >= 0.6 is 0 Å². The van der Waals surface area contributed by atoms with Crippen LogP contribution < -0.4 is 10.5 Å². The van der Waals surface area contributed by atoms with E-state index in [0.717, 1.165) is 0 Å². The molecule has 1 N–H and O–H groups in total. The number of alkyl halides is 2. The van der Waals surface area contributed by atoms with Crippen LogP contribution in [-0.4, -0.2) is 42.2 Å². The second-order valence-corrected chi connectivity index (χ2v) is 11.9. The zero-order valence-electron chi connectivity index (χ0n) is 21.4. The van der Waals surface area contributed by atoms with Crippen LogP contribution in [0.2, 0.25) is 0 Å². The van der Waals surface area contributed by atoms with E-state index in [1.54, 1.807) is 26.0 Å². The first-order valence-electron chi connectivity index (χ1n) is 12.4. The monoisotopic (exact) mass is 478 g/mol. The first-order valence-corrected chi connectivity index (χ1v) is 12.5. The predicted molar refractivity (Wildman–Crippen MR) is 125 cm³/mol. The zero-order valence-corrected chi connectivity index (χ0v) is 19.2. The number of H-pyrrole nitrogens is 1. The van der Waals surface area contributed by atoms with Crippen LogP contribution in [0.5, 0.6) is 0 Å². The van der Waals surface area contributed by atoms with Crippen molar-refractivity contribution in [1.29, 1.82) is 0 Å². The van der Waals surface area contributed by atoms with Gasteiger partial charge in [-0.15, -0.1) is 0 Å². The summed E-state index contributed by atoms with van der Waals surface area (Å²) in [6, 6.07) is 6.28. The molecule has 1 aliphatic carbocycles. The molecule has 0 atom stereocenters. The Kier molecular flexibility index (Phi) is 4.06. The third-order valence-corrected chi connectivity index (χ3v) is 9.36. The Bertz CT molecular complexity index is 1520. The van der Waals surface area contributed by atoms with Gasteiger partial charge in [-0.3, -0.25) is 4.79 Å². The second-order valence-electron chi connectivity index (χ2n) is 9.41. The van der Waals surface area contributed by atoms with Gasteiger partial charge < -0.3 is 14.5 Å². The number of halogens is 2. The molecule has 0 unspecified atom stereocenters. The number of benzene rings is 1. The van der Waals surface area contributed by atoms with Crippen molar-refractivity contribution in [3.05, 3.63) is 47.0 Å². The summed E-state index contributed by atoms with van der Waals surface area (Å²) in [7, 11) is -3.67. The average Bonchev–Trinajstić information content (AvgIpc) is 3.12. The number of aromatic nitrogens is 2. The van der Waals surface area contributed by atoms with E-state index in [4.69, 9.17) is 4.11 Å². The highest BCUT2D eigenvalue weighted by Gasteiger charge is 2.70. The Labute approximate surface area is 195 Å². The van der Waals surface area contributed by atoms with E-state index in [9.17, 15) is 22.0 Å². The maximum atomic E-state index is 14.0. The van der Waals surface area contributed by atoms with Crippen LogP contribution in [0, 0.1) is 5.41 Å². The fraction of sp³-hybridized carbons (Fsp3) is 0.458. The topological polar surface area (TPSA) is 75.2 Å². The fourth-order valence-corrected chi connectivity index (χ4v) is 6.00. The Morgan fingerprint density at radius 1 is 1.15 bits per heavy atom. The number of sulfone groups is 1. The summed E-state index contributed by atoms with van der Waals surface area (Å²) in [4.78, 5) is 17.7. The van der Waals surface area contributed by atoms with E-state index in [2.05, 4.69) is 4.98 Å². The molecule has 6 nitrogen and oxygen atoms in total. The number of aromatic amines is 1. The lowest BCUT2D eigenvalue weighted by atomic mass is 9.91. The molecule has 1 aromatic carbocycles. The van der Waals surface area contributed by atoms with Gasteiger partial charge in [-0.25, -0.2) is 17.2 Å². The van der Waals surface area contributed by atoms with E-state index in [-0.39, 0.29) is 16.8 Å². The Morgan fingerprint density at radius 2 is 1.85 bits per heavy atom. The number of aryl methyl sites for hydroxylation is 1. The van der Waals surface area contributed by atoms with Gasteiger partial charge in [0.15, 0.2) is 9.84 Å². The maximum Gasteiger partial charge on any atom is 0.274 e. The van der Waals surface area contributed by atoms with Gasteiger partial charge in [-0.2, -0.15) is 0 Å². The molecule has 2 aliphatic rings. The number of rotatable bonds is 4. The number of hydrogen-bond acceptors (Lipinski definition) is 4. The molecule has 5 rings (SSSR count). The van der Waals surface area contributed by atoms with Crippen molar-refractivity contribution in [2.24, 2.45) is 12.4 Å². The molecule has 176 valence electrons. The van der Waals surface area contributed by atoms with Crippen LogP contribution in [0.15, 0.2) is 46.3 Å². The first-order chi connectivity index (χ1) is 16.7. The summed E-state index contributed by atoms with van der Waals surface area (Å²) in [6.45, 7) is 1.09. The predicted octanol–water partition coefficient (Wildman–Crippen LogP) is 4.34. The third kappa shape index (κ3) is 3.31. The van der Waals surface area contributed by atoms with Crippen molar-refractivity contribution in [1.82, 2.24) is 9.55 Å². The maximum absolute atomic E-state index is 14.0. The highest BCUT2D eigenvalue weighted by Crippen LogP contribution is 2.66. The quantitative estimate of drug-likeness (QED) is 0.605.